The van der Waals surface area contributed by atoms with Gasteiger partial charge in [0.15, 0.2) is 5.11 Å². The minimum atomic E-state index is -0.497. The Balaban J connectivity index is 2.21. The van der Waals surface area contributed by atoms with Crippen LogP contribution in [0, 0.1) is 11.7 Å². The first-order valence-corrected chi connectivity index (χ1v) is 7.65. The van der Waals surface area contributed by atoms with Gasteiger partial charge in [-0.25, -0.2) is 4.39 Å². The maximum atomic E-state index is 14.2. The van der Waals surface area contributed by atoms with E-state index in [0.717, 1.165) is 6.42 Å². The Hall–Kier alpha value is -1.20. The van der Waals surface area contributed by atoms with E-state index < -0.39 is 5.54 Å². The SMILES string of the molecule is CC(C)(C)NC(=S)N[C@]1(c2ccccc2F)C[C@@H]1CCO. The van der Waals surface area contributed by atoms with Gasteiger partial charge in [-0.1, -0.05) is 18.2 Å². The van der Waals surface area contributed by atoms with E-state index in [0.29, 0.717) is 17.1 Å². The minimum absolute atomic E-state index is 0.0992. The smallest absolute Gasteiger partial charge is 0.167 e. The van der Waals surface area contributed by atoms with Gasteiger partial charge in [-0.05, 0) is 57.8 Å². The first-order chi connectivity index (χ1) is 9.78. The summed E-state index contributed by atoms with van der Waals surface area (Å²) in [7, 11) is 0. The largest absolute Gasteiger partial charge is 0.396 e. The van der Waals surface area contributed by atoms with Crippen LogP contribution in [0.25, 0.3) is 0 Å². The summed E-state index contributed by atoms with van der Waals surface area (Å²) >= 11 is 5.36. The van der Waals surface area contributed by atoms with Gasteiger partial charge in [-0.2, -0.15) is 0 Å². The van der Waals surface area contributed by atoms with Gasteiger partial charge in [0.1, 0.15) is 5.82 Å². The molecule has 0 unspecified atom stereocenters. The van der Waals surface area contributed by atoms with Crippen LogP contribution in [0.3, 0.4) is 0 Å². The second-order valence-corrected chi connectivity index (χ2v) is 7.10. The Morgan fingerprint density at radius 1 is 1.43 bits per heavy atom. The number of aliphatic hydroxyl groups is 1. The molecule has 0 heterocycles. The zero-order valence-electron chi connectivity index (χ0n) is 12.7. The van der Waals surface area contributed by atoms with E-state index in [4.69, 9.17) is 12.2 Å². The monoisotopic (exact) mass is 310 g/mol. The van der Waals surface area contributed by atoms with Gasteiger partial charge in [0.2, 0.25) is 0 Å². The van der Waals surface area contributed by atoms with E-state index in [1.807, 2.05) is 26.8 Å². The van der Waals surface area contributed by atoms with Crippen LogP contribution in [0.2, 0.25) is 0 Å². The van der Waals surface area contributed by atoms with E-state index in [1.165, 1.54) is 6.07 Å². The summed E-state index contributed by atoms with van der Waals surface area (Å²) in [5.74, 6) is -0.0388. The third-order valence-electron chi connectivity index (χ3n) is 3.76. The third-order valence-corrected chi connectivity index (χ3v) is 3.97. The molecule has 0 radical (unpaired) electrons. The summed E-state index contributed by atoms with van der Waals surface area (Å²) in [5.41, 5.74) is -0.0211. The van der Waals surface area contributed by atoms with Crippen LogP contribution in [0.5, 0.6) is 0 Å². The lowest BCUT2D eigenvalue weighted by molar-refractivity contribution is 0.272. The van der Waals surface area contributed by atoms with Crippen LogP contribution in [0.1, 0.15) is 39.2 Å². The summed E-state index contributed by atoms with van der Waals surface area (Å²) in [6.45, 7) is 6.17. The van der Waals surface area contributed by atoms with Gasteiger partial charge in [-0.15, -0.1) is 0 Å². The van der Waals surface area contributed by atoms with Gasteiger partial charge in [-0.3, -0.25) is 0 Å². The molecule has 2 rings (SSSR count). The normalized spacial score (nSPS) is 24.5. The lowest BCUT2D eigenvalue weighted by atomic mass is 10.0. The molecule has 1 aromatic carbocycles. The Labute approximate surface area is 130 Å². The van der Waals surface area contributed by atoms with Gasteiger partial charge in [0.05, 0.1) is 5.54 Å². The molecule has 2 atom stereocenters. The molecule has 21 heavy (non-hydrogen) atoms. The van der Waals surface area contributed by atoms with Crippen LogP contribution >= 0.6 is 12.2 Å². The molecule has 0 saturated heterocycles. The van der Waals surface area contributed by atoms with E-state index in [9.17, 15) is 9.50 Å². The highest BCUT2D eigenvalue weighted by Gasteiger charge is 2.56. The molecular weight excluding hydrogens is 287 g/mol. The van der Waals surface area contributed by atoms with Crippen LogP contribution in [0.15, 0.2) is 24.3 Å². The van der Waals surface area contributed by atoms with E-state index in [1.54, 1.807) is 12.1 Å². The Morgan fingerprint density at radius 3 is 2.67 bits per heavy atom. The summed E-state index contributed by atoms with van der Waals surface area (Å²) in [4.78, 5) is 0. The fourth-order valence-electron chi connectivity index (χ4n) is 2.78. The van der Waals surface area contributed by atoms with Crippen molar-refractivity contribution in [2.75, 3.05) is 6.61 Å². The highest BCUT2D eigenvalue weighted by atomic mass is 32.1. The molecule has 1 saturated carbocycles. The predicted molar refractivity (Wildman–Crippen MR) is 86.5 cm³/mol. The lowest BCUT2D eigenvalue weighted by Crippen LogP contribution is -2.50. The Bertz CT molecular complexity index is 529. The van der Waals surface area contributed by atoms with Crippen molar-refractivity contribution in [3.05, 3.63) is 35.6 Å². The van der Waals surface area contributed by atoms with E-state index in [2.05, 4.69) is 10.6 Å². The molecule has 0 aliphatic heterocycles. The van der Waals surface area contributed by atoms with Crippen molar-refractivity contribution < 1.29 is 9.50 Å². The quantitative estimate of drug-likeness (QED) is 0.748. The van der Waals surface area contributed by atoms with Crippen LogP contribution < -0.4 is 10.6 Å². The maximum Gasteiger partial charge on any atom is 0.167 e. The fourth-order valence-corrected chi connectivity index (χ4v) is 3.27. The molecule has 1 aliphatic rings. The van der Waals surface area contributed by atoms with Crippen LogP contribution in [-0.4, -0.2) is 22.4 Å². The summed E-state index contributed by atoms with van der Waals surface area (Å²) in [5, 5.41) is 16.2. The molecule has 0 bridgehead atoms. The molecule has 1 aromatic rings. The molecule has 0 aromatic heterocycles. The highest BCUT2D eigenvalue weighted by molar-refractivity contribution is 7.80. The lowest BCUT2D eigenvalue weighted by Gasteiger charge is -2.28. The Kier molecular flexibility index (Phi) is 4.54. The first kappa shape index (κ1) is 16.2. The van der Waals surface area contributed by atoms with Gasteiger partial charge >= 0.3 is 0 Å². The standard InChI is InChI=1S/C16H23FN2OS/c1-15(2,3)18-14(21)19-16(10-11(16)8-9-20)12-6-4-5-7-13(12)17/h4-7,11,20H,8-10H2,1-3H3,(H2,18,19,21)/t11-,16+/m0/s1. The van der Waals surface area contributed by atoms with Crippen molar-refractivity contribution in [2.24, 2.45) is 5.92 Å². The number of hydrogen-bond donors (Lipinski definition) is 3. The van der Waals surface area contributed by atoms with E-state index in [-0.39, 0.29) is 23.9 Å². The number of aliphatic hydroxyl groups excluding tert-OH is 1. The molecule has 0 amide bonds. The molecular formula is C16H23FN2OS. The molecule has 3 nitrogen and oxygen atoms in total. The number of nitrogens with one attached hydrogen (secondary N) is 2. The first-order valence-electron chi connectivity index (χ1n) is 7.25. The second kappa shape index (κ2) is 5.89. The summed E-state index contributed by atoms with van der Waals surface area (Å²) < 4.78 is 14.2. The number of halogens is 1. The molecule has 5 heteroatoms. The van der Waals surface area contributed by atoms with Crippen LogP contribution in [0.4, 0.5) is 4.39 Å². The van der Waals surface area contributed by atoms with Crippen molar-refractivity contribution in [1.82, 2.24) is 10.6 Å². The summed E-state index contributed by atoms with van der Waals surface area (Å²) in [6, 6.07) is 6.77. The number of rotatable bonds is 4. The average molecular weight is 310 g/mol. The third kappa shape index (κ3) is 3.71. The Morgan fingerprint density at radius 2 is 2.10 bits per heavy atom. The molecule has 1 aliphatic carbocycles. The summed E-state index contributed by atoms with van der Waals surface area (Å²) in [6.07, 6.45) is 1.42. The average Bonchev–Trinajstić information content (AvgIpc) is 3.01. The minimum Gasteiger partial charge on any atom is -0.396 e. The van der Waals surface area contributed by atoms with Gasteiger partial charge in [0.25, 0.3) is 0 Å². The van der Waals surface area contributed by atoms with Crippen molar-refractivity contribution in [3.63, 3.8) is 0 Å². The number of benzene rings is 1. The van der Waals surface area contributed by atoms with Gasteiger partial charge in [0, 0.05) is 17.7 Å². The number of thiocarbonyl (C=S) groups is 1. The van der Waals surface area contributed by atoms with Crippen molar-refractivity contribution in [3.8, 4) is 0 Å². The van der Waals surface area contributed by atoms with E-state index >= 15 is 0 Å². The highest BCUT2D eigenvalue weighted by Crippen LogP contribution is 2.54. The van der Waals surface area contributed by atoms with Gasteiger partial charge < -0.3 is 15.7 Å². The fraction of sp³-hybridized carbons (Fsp3) is 0.562. The van der Waals surface area contributed by atoms with Crippen LogP contribution in [-0.2, 0) is 5.54 Å². The number of hydrogen-bond acceptors (Lipinski definition) is 2. The zero-order valence-corrected chi connectivity index (χ0v) is 13.6. The topological polar surface area (TPSA) is 44.3 Å². The predicted octanol–water partition coefficient (Wildman–Crippen LogP) is 2.69. The maximum absolute atomic E-state index is 14.2. The molecule has 0 spiro atoms. The zero-order chi connectivity index (χ0) is 15.7. The second-order valence-electron chi connectivity index (χ2n) is 6.69. The molecule has 116 valence electrons. The van der Waals surface area contributed by atoms with Crippen molar-refractivity contribution in [2.45, 2.75) is 44.7 Å². The molecule has 1 fully saturated rings. The van der Waals surface area contributed by atoms with Crippen molar-refractivity contribution >= 4 is 17.3 Å². The van der Waals surface area contributed by atoms with Crippen molar-refractivity contribution in [1.29, 1.82) is 0 Å². The molecule has 3 N–H and O–H groups in total.